The first-order valence-corrected chi connectivity index (χ1v) is 9.16. The van der Waals surface area contributed by atoms with Gasteiger partial charge in [-0.3, -0.25) is 4.68 Å². The van der Waals surface area contributed by atoms with Crippen molar-refractivity contribution in [3.05, 3.63) is 44.5 Å². The molecule has 0 spiro atoms. The van der Waals surface area contributed by atoms with Crippen molar-refractivity contribution in [3.63, 3.8) is 0 Å². The number of benzene rings is 1. The van der Waals surface area contributed by atoms with Crippen molar-refractivity contribution < 1.29 is 4.74 Å². The number of nitrogens with zero attached hydrogens (tertiary/aromatic N) is 2. The maximum Gasteiger partial charge on any atom is 0.172 e. The molecule has 0 saturated carbocycles. The van der Waals surface area contributed by atoms with Crippen molar-refractivity contribution in [3.8, 4) is 0 Å². The van der Waals surface area contributed by atoms with Crippen LogP contribution in [-0.4, -0.2) is 35.2 Å². The van der Waals surface area contributed by atoms with E-state index in [9.17, 15) is 0 Å². The molecule has 1 aromatic carbocycles. The van der Waals surface area contributed by atoms with Crippen LogP contribution in [0.5, 0.6) is 0 Å². The minimum Gasteiger partial charge on any atom is -0.385 e. The summed E-state index contributed by atoms with van der Waals surface area (Å²) in [6.07, 6.45) is 2.75. The van der Waals surface area contributed by atoms with Gasteiger partial charge >= 0.3 is 0 Å². The number of halogens is 3. The lowest BCUT2D eigenvalue weighted by molar-refractivity contribution is 0.196. The van der Waals surface area contributed by atoms with Crippen LogP contribution in [0.4, 0.5) is 5.82 Å². The Morgan fingerprint density at radius 1 is 1.38 bits per heavy atom. The third kappa shape index (κ3) is 5.89. The van der Waals surface area contributed by atoms with Gasteiger partial charge in [0, 0.05) is 26.5 Å². The number of hydrogen-bond acceptors (Lipinski definition) is 3. The molecule has 0 fully saturated rings. The summed E-state index contributed by atoms with van der Waals surface area (Å²) in [5.41, 5.74) is 1.01. The van der Waals surface area contributed by atoms with Gasteiger partial charge in [-0.05, 0) is 52.3 Å². The molecule has 2 N–H and O–H groups in total. The molecule has 1 heterocycles. The van der Waals surface area contributed by atoms with Crippen LogP contribution in [0.15, 0.2) is 28.9 Å². The number of hydrogen-bond donors (Lipinski definition) is 2. The predicted molar refractivity (Wildman–Crippen MR) is 106 cm³/mol. The van der Waals surface area contributed by atoms with Gasteiger partial charge < -0.3 is 15.4 Å². The van der Waals surface area contributed by atoms with Gasteiger partial charge in [-0.2, -0.15) is 5.10 Å². The summed E-state index contributed by atoms with van der Waals surface area (Å²) in [7, 11) is 1.67. The second-order valence-electron chi connectivity index (χ2n) is 5.00. The molecule has 0 amide bonds. The van der Waals surface area contributed by atoms with Gasteiger partial charge in [0.1, 0.15) is 0 Å². The van der Waals surface area contributed by atoms with Gasteiger partial charge in [0.15, 0.2) is 10.9 Å². The molecule has 2 rings (SSSR count). The Balaban J connectivity index is 1.94. The summed E-state index contributed by atoms with van der Waals surface area (Å²) in [6.45, 7) is 2.00. The van der Waals surface area contributed by atoms with E-state index in [1.807, 2.05) is 18.3 Å². The van der Waals surface area contributed by atoms with E-state index in [4.69, 9.17) is 40.2 Å². The standard InChI is InChI=1S/C15H17BrCl2N4OS/c1-23-6-2-5-19-15(24)20-14-11(16)9-22(21-14)8-10-3-4-12(17)13(18)7-10/h3-4,7,9H,2,5-6,8H2,1H3,(H2,19,20,21,24). The molecular weight excluding hydrogens is 435 g/mol. The average Bonchev–Trinajstić information content (AvgIpc) is 2.87. The number of rotatable bonds is 7. The van der Waals surface area contributed by atoms with Gasteiger partial charge in [0.2, 0.25) is 0 Å². The highest BCUT2D eigenvalue weighted by Gasteiger charge is 2.09. The maximum atomic E-state index is 6.04. The van der Waals surface area contributed by atoms with Crippen molar-refractivity contribution in [1.82, 2.24) is 15.1 Å². The van der Waals surface area contributed by atoms with E-state index in [-0.39, 0.29) is 0 Å². The van der Waals surface area contributed by atoms with Crippen LogP contribution in [0, 0.1) is 0 Å². The Morgan fingerprint density at radius 3 is 2.88 bits per heavy atom. The van der Waals surface area contributed by atoms with E-state index >= 15 is 0 Å². The topological polar surface area (TPSA) is 51.1 Å². The third-order valence-corrected chi connectivity index (χ3v) is 4.65. The van der Waals surface area contributed by atoms with Crippen LogP contribution in [-0.2, 0) is 11.3 Å². The van der Waals surface area contributed by atoms with Crippen molar-refractivity contribution in [2.24, 2.45) is 0 Å². The van der Waals surface area contributed by atoms with E-state index in [2.05, 4.69) is 31.7 Å². The fraction of sp³-hybridized carbons (Fsp3) is 0.333. The first-order valence-electron chi connectivity index (χ1n) is 7.20. The molecule has 0 radical (unpaired) electrons. The molecule has 0 aliphatic carbocycles. The van der Waals surface area contributed by atoms with Crippen LogP contribution in [0.3, 0.4) is 0 Å². The number of methoxy groups -OCH3 is 1. The van der Waals surface area contributed by atoms with E-state index in [0.717, 1.165) is 23.0 Å². The Morgan fingerprint density at radius 2 is 2.17 bits per heavy atom. The van der Waals surface area contributed by atoms with E-state index in [1.54, 1.807) is 17.9 Å². The Labute approximate surface area is 164 Å². The fourth-order valence-electron chi connectivity index (χ4n) is 1.96. The second kappa shape index (κ2) is 9.58. The first-order chi connectivity index (χ1) is 11.5. The summed E-state index contributed by atoms with van der Waals surface area (Å²) < 4.78 is 7.61. The van der Waals surface area contributed by atoms with Crippen molar-refractivity contribution in [2.75, 3.05) is 25.6 Å². The van der Waals surface area contributed by atoms with Crippen molar-refractivity contribution in [1.29, 1.82) is 0 Å². The number of aromatic nitrogens is 2. The first kappa shape index (κ1) is 19.5. The van der Waals surface area contributed by atoms with Gasteiger partial charge in [0.25, 0.3) is 0 Å². The highest BCUT2D eigenvalue weighted by Crippen LogP contribution is 2.24. The van der Waals surface area contributed by atoms with Crippen LogP contribution < -0.4 is 10.6 Å². The second-order valence-corrected chi connectivity index (χ2v) is 7.08. The number of thiocarbonyl (C=S) groups is 1. The lowest BCUT2D eigenvalue weighted by Gasteiger charge is -2.08. The SMILES string of the molecule is COCCCNC(=S)Nc1nn(Cc2ccc(Cl)c(Cl)c2)cc1Br. The lowest BCUT2D eigenvalue weighted by Crippen LogP contribution is -2.30. The van der Waals surface area contributed by atoms with Gasteiger partial charge in [-0.1, -0.05) is 29.3 Å². The molecule has 24 heavy (non-hydrogen) atoms. The van der Waals surface area contributed by atoms with Crippen LogP contribution >= 0.6 is 51.3 Å². The maximum absolute atomic E-state index is 6.04. The number of nitrogens with one attached hydrogen (secondary N) is 2. The monoisotopic (exact) mass is 450 g/mol. The minimum atomic E-state index is 0.520. The zero-order valence-corrected chi connectivity index (χ0v) is 16.9. The molecule has 1 aromatic heterocycles. The zero-order valence-electron chi connectivity index (χ0n) is 13.0. The smallest absolute Gasteiger partial charge is 0.172 e. The summed E-state index contributed by atoms with van der Waals surface area (Å²) in [4.78, 5) is 0. The van der Waals surface area contributed by atoms with Gasteiger partial charge in [0.05, 0.1) is 21.1 Å². The molecule has 0 atom stereocenters. The Kier molecular flexibility index (Phi) is 7.77. The molecule has 0 unspecified atom stereocenters. The van der Waals surface area contributed by atoms with E-state index < -0.39 is 0 Å². The zero-order chi connectivity index (χ0) is 17.5. The normalized spacial score (nSPS) is 10.7. The summed E-state index contributed by atoms with van der Waals surface area (Å²) in [6, 6.07) is 5.52. The van der Waals surface area contributed by atoms with Crippen molar-refractivity contribution >= 4 is 62.3 Å². The quantitative estimate of drug-likeness (QED) is 0.484. The van der Waals surface area contributed by atoms with Gasteiger partial charge in [-0.25, -0.2) is 0 Å². The predicted octanol–water partition coefficient (Wildman–Crippen LogP) is 4.32. The largest absolute Gasteiger partial charge is 0.385 e. The highest BCUT2D eigenvalue weighted by molar-refractivity contribution is 9.10. The van der Waals surface area contributed by atoms with Crippen molar-refractivity contribution in [2.45, 2.75) is 13.0 Å². The fourth-order valence-corrected chi connectivity index (χ4v) is 2.89. The summed E-state index contributed by atoms with van der Waals surface area (Å²) in [5.74, 6) is 0.652. The minimum absolute atomic E-state index is 0.520. The lowest BCUT2D eigenvalue weighted by atomic mass is 10.2. The molecule has 0 saturated heterocycles. The number of ether oxygens (including phenoxy) is 1. The van der Waals surface area contributed by atoms with Crippen LogP contribution in [0.25, 0.3) is 0 Å². The van der Waals surface area contributed by atoms with Crippen LogP contribution in [0.1, 0.15) is 12.0 Å². The molecule has 0 bridgehead atoms. The Hall–Kier alpha value is -0.860. The molecule has 9 heteroatoms. The van der Waals surface area contributed by atoms with Gasteiger partial charge in [-0.15, -0.1) is 0 Å². The average molecular weight is 452 g/mol. The molecular formula is C15H17BrCl2N4OS. The van der Waals surface area contributed by atoms with Crippen LogP contribution in [0.2, 0.25) is 10.0 Å². The number of anilines is 1. The van der Waals surface area contributed by atoms with E-state index in [0.29, 0.717) is 34.1 Å². The highest BCUT2D eigenvalue weighted by atomic mass is 79.9. The summed E-state index contributed by atoms with van der Waals surface area (Å²) >= 11 is 20.7. The molecule has 0 aliphatic heterocycles. The third-order valence-electron chi connectivity index (χ3n) is 3.09. The summed E-state index contributed by atoms with van der Waals surface area (Å²) in [5, 5.41) is 12.2. The molecule has 2 aromatic rings. The van der Waals surface area contributed by atoms with E-state index in [1.165, 1.54) is 0 Å². The molecule has 5 nitrogen and oxygen atoms in total. The molecule has 0 aliphatic rings. The molecule has 130 valence electrons. The Bertz CT molecular complexity index is 711.